The van der Waals surface area contributed by atoms with Crippen LogP contribution in [-0.2, 0) is 10.0 Å². The fourth-order valence-corrected chi connectivity index (χ4v) is 3.94. The minimum absolute atomic E-state index is 0.0132. The second-order valence-corrected chi connectivity index (χ2v) is 9.00. The number of hydrogen-bond acceptors (Lipinski definition) is 10. The van der Waals surface area contributed by atoms with Crippen LogP contribution in [0, 0.1) is 0 Å². The van der Waals surface area contributed by atoms with Gasteiger partial charge in [-0.05, 0) is 42.0 Å². The van der Waals surface area contributed by atoms with Crippen molar-refractivity contribution in [2.75, 3.05) is 18.9 Å². The Hall–Kier alpha value is -5.04. The van der Waals surface area contributed by atoms with Gasteiger partial charge in [-0.3, -0.25) is 4.72 Å². The van der Waals surface area contributed by atoms with Crippen LogP contribution >= 0.6 is 0 Å². The molecule has 0 radical (unpaired) electrons. The van der Waals surface area contributed by atoms with Gasteiger partial charge in [0.25, 0.3) is 15.9 Å². The molecule has 0 bridgehead atoms. The third-order valence-electron chi connectivity index (χ3n) is 4.91. The van der Waals surface area contributed by atoms with E-state index in [1.807, 2.05) is 0 Å². The third-order valence-corrected chi connectivity index (χ3v) is 5.88. The molecule has 2 heterocycles. The highest BCUT2D eigenvalue weighted by Crippen LogP contribution is 2.40. The summed E-state index contributed by atoms with van der Waals surface area (Å²) in [6.07, 6.45) is 4.27. The van der Waals surface area contributed by atoms with Gasteiger partial charge < -0.3 is 19.3 Å². The molecule has 194 valence electrons. The van der Waals surface area contributed by atoms with E-state index in [-0.39, 0.29) is 40.4 Å². The zero-order valence-corrected chi connectivity index (χ0v) is 20.9. The molecule has 38 heavy (non-hydrogen) atoms. The summed E-state index contributed by atoms with van der Waals surface area (Å²) in [5.74, 6) is -0.785. The number of para-hydroxylation sites is 2. The number of hydrogen-bond donors (Lipinski definition) is 2. The summed E-state index contributed by atoms with van der Waals surface area (Å²) in [4.78, 5) is 27.9. The van der Waals surface area contributed by atoms with Crippen LogP contribution in [0.4, 0.5) is 5.82 Å². The molecule has 0 unspecified atom stereocenters. The van der Waals surface area contributed by atoms with Gasteiger partial charge in [-0.2, -0.15) is 4.98 Å². The van der Waals surface area contributed by atoms with Gasteiger partial charge in [0.1, 0.15) is 0 Å². The van der Waals surface area contributed by atoms with E-state index >= 15 is 0 Å². The summed E-state index contributed by atoms with van der Waals surface area (Å²) in [5, 5.41) is 9.94. The molecule has 0 amide bonds. The van der Waals surface area contributed by atoms with E-state index < -0.39 is 16.0 Å². The van der Waals surface area contributed by atoms with Crippen LogP contribution in [0.15, 0.2) is 72.4 Å². The van der Waals surface area contributed by atoms with E-state index in [1.165, 1.54) is 57.0 Å². The van der Waals surface area contributed by atoms with Gasteiger partial charge in [0, 0.05) is 12.4 Å². The third kappa shape index (κ3) is 6.20. The van der Waals surface area contributed by atoms with Crippen molar-refractivity contribution in [1.29, 1.82) is 0 Å². The van der Waals surface area contributed by atoms with E-state index in [0.29, 0.717) is 11.3 Å². The average molecular weight is 536 g/mol. The average Bonchev–Trinajstić information content (AvgIpc) is 2.93. The molecule has 4 rings (SSSR count). The van der Waals surface area contributed by atoms with Crippen molar-refractivity contribution in [3.8, 4) is 34.8 Å². The van der Waals surface area contributed by atoms with E-state index in [9.17, 15) is 13.2 Å². The standard InChI is InChI=1S/C25H21N5O7S/c1-35-18-6-3-4-7-19(18)37-20-21(28-23(29-24(20)36-2)22-26-13-5-14-27-22)30-38(33,34)15-12-16-8-10-17(11-9-16)25(31)32/h3-15H,1-2H3,(H,31,32)(H,28,29,30). The van der Waals surface area contributed by atoms with Gasteiger partial charge in [0.05, 0.1) is 25.2 Å². The molecule has 0 aliphatic heterocycles. The zero-order chi connectivity index (χ0) is 27.1. The van der Waals surface area contributed by atoms with Crippen LogP contribution in [0.2, 0.25) is 0 Å². The summed E-state index contributed by atoms with van der Waals surface area (Å²) < 4.78 is 45.1. The molecular formula is C25H21N5O7S. The molecule has 0 aliphatic carbocycles. The number of carbonyl (C=O) groups is 1. The number of methoxy groups -OCH3 is 2. The Kier molecular flexibility index (Phi) is 7.77. The number of nitrogens with one attached hydrogen (secondary N) is 1. The number of ether oxygens (including phenoxy) is 3. The number of carboxylic acid groups (broad SMARTS) is 1. The molecule has 4 aromatic rings. The second kappa shape index (κ2) is 11.3. The number of benzene rings is 2. The molecule has 0 aliphatic rings. The Labute approximate surface area is 217 Å². The number of aromatic carboxylic acids is 1. The topological polar surface area (TPSA) is 163 Å². The van der Waals surface area contributed by atoms with Gasteiger partial charge >= 0.3 is 5.97 Å². The number of nitrogens with zero attached hydrogens (tertiary/aromatic N) is 4. The summed E-state index contributed by atoms with van der Waals surface area (Å²) in [6, 6.07) is 14.0. The molecule has 0 spiro atoms. The van der Waals surface area contributed by atoms with Crippen molar-refractivity contribution in [1.82, 2.24) is 19.9 Å². The van der Waals surface area contributed by atoms with Crippen molar-refractivity contribution >= 4 is 27.9 Å². The lowest BCUT2D eigenvalue weighted by Gasteiger charge is -2.16. The maximum Gasteiger partial charge on any atom is 0.335 e. The molecule has 12 nitrogen and oxygen atoms in total. The van der Waals surface area contributed by atoms with Crippen molar-refractivity contribution in [3.63, 3.8) is 0 Å². The number of carboxylic acids is 1. The second-order valence-electron chi connectivity index (χ2n) is 7.44. The van der Waals surface area contributed by atoms with Crippen molar-refractivity contribution < 1.29 is 32.5 Å². The fraction of sp³-hybridized carbons (Fsp3) is 0.0800. The number of aromatic nitrogens is 4. The largest absolute Gasteiger partial charge is 0.493 e. The summed E-state index contributed by atoms with van der Waals surface area (Å²) in [5.41, 5.74) is 0.537. The zero-order valence-electron chi connectivity index (χ0n) is 20.1. The molecule has 13 heteroatoms. The monoisotopic (exact) mass is 535 g/mol. The normalized spacial score (nSPS) is 11.2. The lowest BCUT2D eigenvalue weighted by molar-refractivity contribution is 0.0697. The van der Waals surface area contributed by atoms with E-state index in [1.54, 1.807) is 30.3 Å². The first kappa shape index (κ1) is 26.0. The first-order chi connectivity index (χ1) is 18.3. The van der Waals surface area contributed by atoms with Crippen molar-refractivity contribution in [3.05, 3.63) is 83.5 Å². The SMILES string of the molecule is COc1ccccc1Oc1c(NS(=O)(=O)C=Cc2ccc(C(=O)O)cc2)nc(-c2ncccn2)nc1OC. The van der Waals surface area contributed by atoms with E-state index in [4.69, 9.17) is 19.3 Å². The van der Waals surface area contributed by atoms with Crippen LogP contribution in [0.25, 0.3) is 17.7 Å². The lowest BCUT2D eigenvalue weighted by atomic mass is 10.1. The molecule has 2 N–H and O–H groups in total. The maximum absolute atomic E-state index is 13.0. The minimum atomic E-state index is -4.16. The van der Waals surface area contributed by atoms with Crippen molar-refractivity contribution in [2.24, 2.45) is 0 Å². The first-order valence-corrected chi connectivity index (χ1v) is 12.4. The Balaban J connectivity index is 1.75. The van der Waals surface area contributed by atoms with E-state index in [2.05, 4.69) is 24.7 Å². The van der Waals surface area contributed by atoms with Crippen LogP contribution in [0.1, 0.15) is 15.9 Å². The molecule has 0 saturated heterocycles. The summed E-state index contributed by atoms with van der Waals surface area (Å²) in [7, 11) is -1.36. The molecule has 2 aromatic carbocycles. The van der Waals surface area contributed by atoms with Crippen LogP contribution in [0.5, 0.6) is 23.1 Å². The van der Waals surface area contributed by atoms with E-state index in [0.717, 1.165) is 5.41 Å². The van der Waals surface area contributed by atoms with Crippen LogP contribution in [0.3, 0.4) is 0 Å². The van der Waals surface area contributed by atoms with Gasteiger partial charge in [-0.25, -0.2) is 28.2 Å². The fourth-order valence-electron chi connectivity index (χ4n) is 3.13. The van der Waals surface area contributed by atoms with Gasteiger partial charge in [-0.1, -0.05) is 24.3 Å². The molecule has 0 atom stereocenters. The highest BCUT2D eigenvalue weighted by Gasteiger charge is 2.23. The molecule has 0 fully saturated rings. The molecular weight excluding hydrogens is 514 g/mol. The minimum Gasteiger partial charge on any atom is -0.493 e. The lowest BCUT2D eigenvalue weighted by Crippen LogP contribution is -2.13. The Morgan fingerprint density at radius 3 is 2.21 bits per heavy atom. The Morgan fingerprint density at radius 1 is 0.895 bits per heavy atom. The number of sulfonamides is 1. The Morgan fingerprint density at radius 2 is 1.58 bits per heavy atom. The summed E-state index contributed by atoms with van der Waals surface area (Å²) in [6.45, 7) is 0. The highest BCUT2D eigenvalue weighted by atomic mass is 32.2. The quantitative estimate of drug-likeness (QED) is 0.303. The molecule has 2 aromatic heterocycles. The first-order valence-electron chi connectivity index (χ1n) is 10.9. The van der Waals surface area contributed by atoms with Gasteiger partial charge in [-0.15, -0.1) is 0 Å². The van der Waals surface area contributed by atoms with Crippen LogP contribution < -0.4 is 18.9 Å². The predicted octanol–water partition coefficient (Wildman–Crippen LogP) is 3.85. The number of rotatable bonds is 10. The van der Waals surface area contributed by atoms with Gasteiger partial charge in [0.15, 0.2) is 23.1 Å². The maximum atomic E-state index is 13.0. The molecule has 0 saturated carbocycles. The van der Waals surface area contributed by atoms with Crippen molar-refractivity contribution in [2.45, 2.75) is 0 Å². The smallest absolute Gasteiger partial charge is 0.335 e. The van der Waals surface area contributed by atoms with Crippen LogP contribution in [-0.4, -0.2) is 53.6 Å². The predicted molar refractivity (Wildman–Crippen MR) is 138 cm³/mol. The summed E-state index contributed by atoms with van der Waals surface area (Å²) >= 11 is 0. The Bertz CT molecular complexity index is 1580. The number of anilines is 1. The van der Waals surface area contributed by atoms with Gasteiger partial charge in [0.2, 0.25) is 11.6 Å². The highest BCUT2D eigenvalue weighted by molar-refractivity contribution is 7.95.